The van der Waals surface area contributed by atoms with Gasteiger partial charge in [-0.05, 0) is 18.1 Å². The van der Waals surface area contributed by atoms with Gasteiger partial charge >= 0.3 is 5.97 Å². The minimum atomic E-state index is -0.835. The van der Waals surface area contributed by atoms with E-state index < -0.39 is 12.2 Å². The summed E-state index contributed by atoms with van der Waals surface area (Å²) in [6, 6.07) is 7.59. The van der Waals surface area contributed by atoms with Crippen molar-refractivity contribution >= 4 is 5.97 Å². The maximum absolute atomic E-state index is 10.6. The van der Waals surface area contributed by atoms with E-state index in [0.717, 1.165) is 11.3 Å². The molecular weight excluding hydrogens is 194 g/mol. The Bertz CT molecular complexity index is 378. The lowest BCUT2D eigenvalue weighted by molar-refractivity contribution is -0.139. The molecule has 4 heteroatoms. The van der Waals surface area contributed by atoms with Crippen molar-refractivity contribution < 1.29 is 14.6 Å². The number of carboxylic acids is 1. The van der Waals surface area contributed by atoms with Crippen molar-refractivity contribution in [2.75, 3.05) is 0 Å². The highest BCUT2D eigenvalue weighted by molar-refractivity contribution is 5.67. The van der Waals surface area contributed by atoms with Gasteiger partial charge < -0.3 is 9.84 Å². The van der Waals surface area contributed by atoms with Gasteiger partial charge in [-0.2, -0.15) is 0 Å². The summed E-state index contributed by atoms with van der Waals surface area (Å²) in [5.74, 6) is -0.206. The molecule has 0 saturated heterocycles. The fourth-order valence-corrected chi connectivity index (χ4v) is 1.84. The SMILES string of the molecule is NC1Oc2ccccc2CC1CC(=O)O. The molecule has 0 fully saturated rings. The molecule has 2 rings (SSSR count). The lowest BCUT2D eigenvalue weighted by Gasteiger charge is -2.30. The molecule has 80 valence electrons. The Morgan fingerprint density at radius 1 is 1.53 bits per heavy atom. The lowest BCUT2D eigenvalue weighted by atomic mass is 9.92. The molecule has 0 aliphatic carbocycles. The normalized spacial score (nSPS) is 24.1. The van der Waals surface area contributed by atoms with E-state index in [2.05, 4.69) is 0 Å². The largest absolute Gasteiger partial charge is 0.481 e. The first-order chi connectivity index (χ1) is 7.16. The molecule has 15 heavy (non-hydrogen) atoms. The Labute approximate surface area is 87.7 Å². The van der Waals surface area contributed by atoms with Crippen molar-refractivity contribution in [2.24, 2.45) is 11.7 Å². The molecule has 4 nitrogen and oxygen atoms in total. The maximum atomic E-state index is 10.6. The lowest BCUT2D eigenvalue weighted by Crippen LogP contribution is -2.41. The van der Waals surface area contributed by atoms with Crippen LogP contribution in [0.15, 0.2) is 24.3 Å². The van der Waals surface area contributed by atoms with Crippen molar-refractivity contribution in [1.29, 1.82) is 0 Å². The van der Waals surface area contributed by atoms with E-state index in [-0.39, 0.29) is 12.3 Å². The third-order valence-electron chi connectivity index (χ3n) is 2.62. The summed E-state index contributed by atoms with van der Waals surface area (Å²) < 4.78 is 5.46. The standard InChI is InChI=1S/C11H13NO3/c12-11-8(6-10(13)14)5-7-3-1-2-4-9(7)15-11/h1-4,8,11H,5-6,12H2,(H,13,14). The summed E-state index contributed by atoms with van der Waals surface area (Å²) in [7, 11) is 0. The molecule has 0 aromatic heterocycles. The summed E-state index contributed by atoms with van der Waals surface area (Å²) in [6.45, 7) is 0. The summed E-state index contributed by atoms with van der Waals surface area (Å²) in [5.41, 5.74) is 6.79. The van der Waals surface area contributed by atoms with Crippen LogP contribution in [-0.4, -0.2) is 17.3 Å². The molecule has 0 bridgehead atoms. The van der Waals surface area contributed by atoms with Gasteiger partial charge in [0.2, 0.25) is 0 Å². The maximum Gasteiger partial charge on any atom is 0.303 e. The van der Waals surface area contributed by atoms with Crippen LogP contribution < -0.4 is 10.5 Å². The predicted octanol–water partition coefficient (Wildman–Crippen LogP) is 0.997. The van der Waals surface area contributed by atoms with Crippen LogP contribution in [0.4, 0.5) is 0 Å². The third-order valence-corrected chi connectivity index (χ3v) is 2.62. The number of carbonyl (C=O) groups is 1. The van der Waals surface area contributed by atoms with E-state index in [4.69, 9.17) is 15.6 Å². The number of benzene rings is 1. The van der Waals surface area contributed by atoms with Gasteiger partial charge in [0, 0.05) is 5.92 Å². The Balaban J connectivity index is 2.18. The van der Waals surface area contributed by atoms with E-state index in [1.807, 2.05) is 24.3 Å². The van der Waals surface area contributed by atoms with E-state index in [0.29, 0.717) is 6.42 Å². The molecule has 1 aliphatic rings. The second-order valence-corrected chi connectivity index (χ2v) is 3.75. The molecule has 0 amide bonds. The van der Waals surface area contributed by atoms with Crippen LogP contribution in [0.1, 0.15) is 12.0 Å². The molecule has 2 atom stereocenters. The highest BCUT2D eigenvalue weighted by Crippen LogP contribution is 2.30. The van der Waals surface area contributed by atoms with Gasteiger partial charge in [0.1, 0.15) is 5.75 Å². The number of carboxylic acid groups (broad SMARTS) is 1. The van der Waals surface area contributed by atoms with E-state index in [9.17, 15) is 4.79 Å². The monoisotopic (exact) mass is 207 g/mol. The molecule has 0 spiro atoms. The summed E-state index contributed by atoms with van der Waals surface area (Å²) in [6.07, 6.45) is 0.204. The Morgan fingerprint density at radius 2 is 2.27 bits per heavy atom. The van der Waals surface area contributed by atoms with Gasteiger partial charge in [-0.3, -0.25) is 10.5 Å². The fraction of sp³-hybridized carbons (Fsp3) is 0.364. The number of fused-ring (bicyclic) bond motifs is 1. The third kappa shape index (κ3) is 2.10. The van der Waals surface area contributed by atoms with Gasteiger partial charge in [0.05, 0.1) is 6.42 Å². The number of nitrogens with two attached hydrogens (primary N) is 1. The topological polar surface area (TPSA) is 72.5 Å². The minimum absolute atomic E-state index is 0.0511. The Hall–Kier alpha value is -1.55. The van der Waals surface area contributed by atoms with Crippen LogP contribution in [0.5, 0.6) is 5.75 Å². The number of aliphatic carboxylic acids is 1. The number of rotatable bonds is 2. The van der Waals surface area contributed by atoms with Crippen LogP contribution in [0.25, 0.3) is 0 Å². The number of hydrogen-bond acceptors (Lipinski definition) is 3. The van der Waals surface area contributed by atoms with Gasteiger partial charge in [-0.25, -0.2) is 0 Å². The average molecular weight is 207 g/mol. The molecule has 2 unspecified atom stereocenters. The number of para-hydroxylation sites is 1. The summed E-state index contributed by atoms with van der Waals surface area (Å²) >= 11 is 0. The zero-order valence-electron chi connectivity index (χ0n) is 8.22. The van der Waals surface area contributed by atoms with Gasteiger partial charge in [0.25, 0.3) is 0 Å². The number of ether oxygens (including phenoxy) is 1. The van der Waals surface area contributed by atoms with Crippen LogP contribution in [-0.2, 0) is 11.2 Å². The van der Waals surface area contributed by atoms with Crippen molar-refractivity contribution in [2.45, 2.75) is 19.1 Å². The molecule has 0 radical (unpaired) electrons. The summed E-state index contributed by atoms with van der Waals surface area (Å²) in [4.78, 5) is 10.6. The molecule has 1 aromatic carbocycles. The molecular formula is C11H13NO3. The second kappa shape index (κ2) is 3.90. The van der Waals surface area contributed by atoms with Gasteiger partial charge in [-0.15, -0.1) is 0 Å². The smallest absolute Gasteiger partial charge is 0.303 e. The average Bonchev–Trinajstić information content (AvgIpc) is 2.18. The first-order valence-electron chi connectivity index (χ1n) is 4.89. The van der Waals surface area contributed by atoms with Crippen molar-refractivity contribution in [3.63, 3.8) is 0 Å². The van der Waals surface area contributed by atoms with Crippen molar-refractivity contribution in [1.82, 2.24) is 0 Å². The summed E-state index contributed by atoms with van der Waals surface area (Å²) in [5, 5.41) is 8.72. The first kappa shape index (κ1) is 9.98. The molecule has 3 N–H and O–H groups in total. The quantitative estimate of drug-likeness (QED) is 0.758. The first-order valence-corrected chi connectivity index (χ1v) is 4.89. The Kier molecular flexibility index (Phi) is 2.60. The zero-order valence-corrected chi connectivity index (χ0v) is 8.22. The van der Waals surface area contributed by atoms with Crippen LogP contribution in [0, 0.1) is 5.92 Å². The van der Waals surface area contributed by atoms with E-state index in [1.54, 1.807) is 0 Å². The van der Waals surface area contributed by atoms with Crippen molar-refractivity contribution in [3.05, 3.63) is 29.8 Å². The van der Waals surface area contributed by atoms with Gasteiger partial charge in [-0.1, -0.05) is 18.2 Å². The molecule has 1 heterocycles. The highest BCUT2D eigenvalue weighted by Gasteiger charge is 2.28. The van der Waals surface area contributed by atoms with E-state index >= 15 is 0 Å². The minimum Gasteiger partial charge on any atom is -0.481 e. The fourth-order valence-electron chi connectivity index (χ4n) is 1.84. The Morgan fingerprint density at radius 3 is 3.00 bits per heavy atom. The van der Waals surface area contributed by atoms with E-state index in [1.165, 1.54) is 0 Å². The van der Waals surface area contributed by atoms with Crippen LogP contribution in [0.2, 0.25) is 0 Å². The van der Waals surface area contributed by atoms with Crippen LogP contribution in [0.3, 0.4) is 0 Å². The molecule has 1 aliphatic heterocycles. The van der Waals surface area contributed by atoms with Gasteiger partial charge in [0.15, 0.2) is 6.23 Å². The molecule has 0 saturated carbocycles. The second-order valence-electron chi connectivity index (χ2n) is 3.75. The van der Waals surface area contributed by atoms with Crippen LogP contribution >= 0.6 is 0 Å². The molecule has 1 aromatic rings. The van der Waals surface area contributed by atoms with Crippen molar-refractivity contribution in [3.8, 4) is 5.75 Å². The predicted molar refractivity (Wildman–Crippen MR) is 54.5 cm³/mol. The zero-order chi connectivity index (χ0) is 10.8. The number of hydrogen-bond donors (Lipinski definition) is 2. The highest BCUT2D eigenvalue weighted by atomic mass is 16.5.